The number of alkyl halides is 6. The molecule has 0 aromatic heterocycles. The molecular weight excluding hydrogens is 356 g/mol. The maximum atomic E-state index is 12.2. The van der Waals surface area contributed by atoms with Crippen LogP contribution in [0.3, 0.4) is 0 Å². The zero-order valence-corrected chi connectivity index (χ0v) is 13.5. The smallest absolute Gasteiger partial charge is 0.422 e. The van der Waals surface area contributed by atoms with Crippen molar-refractivity contribution in [3.63, 3.8) is 0 Å². The molecule has 0 N–H and O–H groups in total. The van der Waals surface area contributed by atoms with Crippen LogP contribution in [0, 0.1) is 0 Å². The molecule has 25 heavy (non-hydrogen) atoms. The maximum absolute atomic E-state index is 12.2. The Morgan fingerprint density at radius 3 is 2.24 bits per heavy atom. The lowest BCUT2D eigenvalue weighted by Crippen LogP contribution is -2.35. The fraction of sp³-hybridized carbons (Fsp3) is 0.533. The highest BCUT2D eigenvalue weighted by Gasteiger charge is 2.31. The van der Waals surface area contributed by atoms with E-state index in [4.69, 9.17) is 4.74 Å². The van der Waals surface area contributed by atoms with Crippen LogP contribution in [0.4, 0.5) is 26.3 Å². The van der Waals surface area contributed by atoms with Crippen molar-refractivity contribution in [2.24, 2.45) is 0 Å². The van der Waals surface area contributed by atoms with Gasteiger partial charge in [0.1, 0.15) is 6.54 Å². The molecule has 4 nitrogen and oxygen atoms in total. The molecule has 1 rings (SSSR count). The van der Waals surface area contributed by atoms with Crippen LogP contribution in [0.25, 0.3) is 0 Å². The number of carbonyl (C=O) groups excluding carboxylic acids is 1. The predicted molar refractivity (Wildman–Crippen MR) is 76.6 cm³/mol. The van der Waals surface area contributed by atoms with E-state index in [2.05, 4.69) is 4.74 Å². The second-order valence-electron chi connectivity index (χ2n) is 5.25. The Balaban J connectivity index is 2.66. The van der Waals surface area contributed by atoms with E-state index in [9.17, 15) is 31.1 Å². The fourth-order valence-corrected chi connectivity index (χ4v) is 1.95. The summed E-state index contributed by atoms with van der Waals surface area (Å²) in [6.45, 7) is -2.83. The van der Waals surface area contributed by atoms with Gasteiger partial charge in [0.25, 0.3) is 0 Å². The van der Waals surface area contributed by atoms with E-state index >= 15 is 0 Å². The number of nitrogens with zero attached hydrogens (tertiary/aromatic N) is 1. The van der Waals surface area contributed by atoms with E-state index in [1.807, 2.05) is 0 Å². The number of aryl methyl sites for hydroxylation is 1. The standard InChI is InChI=1S/C15H17F6NO3/c1-22(8-14(16,17)18)13(23)6-4-10-3-5-11(12(7-10)24-2)25-9-15(19,20)21/h3,5,7H,4,6,8-9H2,1-2H3. The number of amides is 1. The Morgan fingerprint density at radius 2 is 1.72 bits per heavy atom. The summed E-state index contributed by atoms with van der Waals surface area (Å²) in [5.41, 5.74) is 0.518. The average Bonchev–Trinajstić information content (AvgIpc) is 2.48. The van der Waals surface area contributed by atoms with Crippen LogP contribution in [-0.4, -0.2) is 50.5 Å². The van der Waals surface area contributed by atoms with Gasteiger partial charge in [-0.3, -0.25) is 4.79 Å². The minimum atomic E-state index is -4.50. The molecule has 142 valence electrons. The summed E-state index contributed by atoms with van der Waals surface area (Å²) >= 11 is 0. The molecule has 0 aliphatic rings. The highest BCUT2D eigenvalue weighted by molar-refractivity contribution is 5.76. The Morgan fingerprint density at radius 1 is 1.08 bits per heavy atom. The molecule has 0 spiro atoms. The summed E-state index contributed by atoms with van der Waals surface area (Å²) in [5, 5.41) is 0. The van der Waals surface area contributed by atoms with Crippen molar-refractivity contribution in [2.75, 3.05) is 27.3 Å². The van der Waals surface area contributed by atoms with Gasteiger partial charge >= 0.3 is 12.4 Å². The van der Waals surface area contributed by atoms with Gasteiger partial charge in [0.15, 0.2) is 18.1 Å². The first-order valence-electron chi connectivity index (χ1n) is 7.08. The number of benzene rings is 1. The van der Waals surface area contributed by atoms with Gasteiger partial charge in [-0.15, -0.1) is 0 Å². The third-order valence-corrected chi connectivity index (χ3v) is 3.09. The number of hydrogen-bond donors (Lipinski definition) is 0. The van der Waals surface area contributed by atoms with E-state index in [-0.39, 0.29) is 24.3 Å². The molecule has 0 unspecified atom stereocenters. The fourth-order valence-electron chi connectivity index (χ4n) is 1.95. The van der Waals surface area contributed by atoms with Gasteiger partial charge in [0, 0.05) is 13.5 Å². The molecule has 0 atom stereocenters. The van der Waals surface area contributed by atoms with Crippen LogP contribution in [0.5, 0.6) is 11.5 Å². The Hall–Kier alpha value is -2.13. The SMILES string of the molecule is COc1cc(CCC(=O)N(C)CC(F)(F)F)ccc1OCC(F)(F)F. The third kappa shape index (κ3) is 7.99. The summed E-state index contributed by atoms with van der Waals surface area (Å²) in [5.74, 6) is -0.782. The first-order chi connectivity index (χ1) is 11.4. The monoisotopic (exact) mass is 373 g/mol. The molecule has 1 aromatic carbocycles. The number of ether oxygens (including phenoxy) is 2. The van der Waals surface area contributed by atoms with Crippen molar-refractivity contribution in [1.29, 1.82) is 0 Å². The summed E-state index contributed by atoms with van der Waals surface area (Å²) in [6.07, 6.45) is -9.06. The summed E-state index contributed by atoms with van der Waals surface area (Å²) in [7, 11) is 2.28. The topological polar surface area (TPSA) is 38.8 Å². The highest BCUT2D eigenvalue weighted by atomic mass is 19.4. The molecule has 10 heteroatoms. The van der Waals surface area contributed by atoms with E-state index in [0.29, 0.717) is 10.5 Å². The summed E-state index contributed by atoms with van der Waals surface area (Å²) in [4.78, 5) is 12.2. The van der Waals surface area contributed by atoms with Crippen molar-refractivity contribution >= 4 is 5.91 Å². The van der Waals surface area contributed by atoms with Crippen LogP contribution in [0.15, 0.2) is 18.2 Å². The molecule has 0 radical (unpaired) electrons. The zero-order chi connectivity index (χ0) is 19.3. The van der Waals surface area contributed by atoms with Crippen molar-refractivity contribution in [3.05, 3.63) is 23.8 Å². The van der Waals surface area contributed by atoms with E-state index in [1.165, 1.54) is 25.3 Å². The molecule has 1 amide bonds. The number of halogens is 6. The van der Waals surface area contributed by atoms with Gasteiger partial charge in [-0.25, -0.2) is 0 Å². The normalized spacial score (nSPS) is 12.0. The van der Waals surface area contributed by atoms with Crippen LogP contribution >= 0.6 is 0 Å². The van der Waals surface area contributed by atoms with Gasteiger partial charge in [0.2, 0.25) is 5.91 Å². The summed E-state index contributed by atoms with van der Waals surface area (Å²) < 4.78 is 82.7. The van der Waals surface area contributed by atoms with Crippen molar-refractivity contribution in [1.82, 2.24) is 4.90 Å². The summed E-state index contributed by atoms with van der Waals surface area (Å²) in [6, 6.07) is 4.05. The van der Waals surface area contributed by atoms with Gasteiger partial charge in [0.05, 0.1) is 7.11 Å². The van der Waals surface area contributed by atoms with Gasteiger partial charge in [-0.2, -0.15) is 26.3 Å². The van der Waals surface area contributed by atoms with Gasteiger partial charge < -0.3 is 14.4 Å². The molecule has 0 bridgehead atoms. The second-order valence-corrected chi connectivity index (χ2v) is 5.25. The van der Waals surface area contributed by atoms with Crippen molar-refractivity contribution in [2.45, 2.75) is 25.2 Å². The molecule has 1 aromatic rings. The predicted octanol–water partition coefficient (Wildman–Crippen LogP) is 3.59. The minimum Gasteiger partial charge on any atom is -0.493 e. The molecular formula is C15H17F6NO3. The van der Waals surface area contributed by atoms with E-state index < -0.39 is 31.4 Å². The molecule has 0 fully saturated rings. The first-order valence-corrected chi connectivity index (χ1v) is 7.08. The first kappa shape index (κ1) is 20.9. The van der Waals surface area contributed by atoms with Crippen LogP contribution in [0.2, 0.25) is 0 Å². The minimum absolute atomic E-state index is 0.0397. The van der Waals surface area contributed by atoms with E-state index in [0.717, 1.165) is 7.05 Å². The third-order valence-electron chi connectivity index (χ3n) is 3.09. The van der Waals surface area contributed by atoms with Crippen LogP contribution < -0.4 is 9.47 Å². The number of methoxy groups -OCH3 is 1. The Labute approximate surface area is 140 Å². The Kier molecular flexibility index (Phi) is 6.95. The maximum Gasteiger partial charge on any atom is 0.422 e. The van der Waals surface area contributed by atoms with Crippen molar-refractivity contribution < 1.29 is 40.6 Å². The average molecular weight is 373 g/mol. The largest absolute Gasteiger partial charge is 0.493 e. The van der Waals surface area contributed by atoms with Crippen LogP contribution in [0.1, 0.15) is 12.0 Å². The van der Waals surface area contributed by atoms with Gasteiger partial charge in [-0.1, -0.05) is 6.07 Å². The quantitative estimate of drug-likeness (QED) is 0.686. The van der Waals surface area contributed by atoms with Crippen molar-refractivity contribution in [3.8, 4) is 11.5 Å². The zero-order valence-electron chi connectivity index (χ0n) is 13.5. The number of hydrogen-bond acceptors (Lipinski definition) is 3. The second kappa shape index (κ2) is 8.30. The lowest BCUT2D eigenvalue weighted by atomic mass is 10.1. The number of rotatable bonds is 7. The lowest BCUT2D eigenvalue weighted by Gasteiger charge is -2.19. The van der Waals surface area contributed by atoms with E-state index in [1.54, 1.807) is 0 Å². The number of carbonyl (C=O) groups is 1. The molecule has 0 aliphatic carbocycles. The molecule has 0 saturated carbocycles. The molecule has 0 saturated heterocycles. The Bertz CT molecular complexity index is 586. The molecule has 0 heterocycles. The molecule has 0 aliphatic heterocycles. The lowest BCUT2D eigenvalue weighted by molar-refractivity contribution is -0.158. The van der Waals surface area contributed by atoms with Gasteiger partial charge in [-0.05, 0) is 24.1 Å². The van der Waals surface area contributed by atoms with Crippen LogP contribution in [-0.2, 0) is 11.2 Å². The highest BCUT2D eigenvalue weighted by Crippen LogP contribution is 2.30.